The van der Waals surface area contributed by atoms with Gasteiger partial charge in [-0.05, 0) is 27.5 Å². The molecule has 0 aliphatic heterocycles. The molecule has 3 aromatic carbocycles. The quantitative estimate of drug-likeness (QED) is 0.0724. The van der Waals surface area contributed by atoms with Crippen LogP contribution in [0.5, 0.6) is 0 Å². The molecule has 3 aromatic rings. The van der Waals surface area contributed by atoms with Gasteiger partial charge in [-0.15, -0.1) is 0 Å². The summed E-state index contributed by atoms with van der Waals surface area (Å²) in [4.78, 5) is 4.19. The first-order valence-electron chi connectivity index (χ1n) is 12.4. The monoisotopic (exact) mass is 645 g/mol. The molecule has 2 atom stereocenters. The van der Waals surface area contributed by atoms with Crippen molar-refractivity contribution in [2.24, 2.45) is 5.16 Å². The first kappa shape index (κ1) is 32.5. The van der Waals surface area contributed by atoms with E-state index in [1.165, 1.54) is 13.2 Å². The van der Waals surface area contributed by atoms with Crippen molar-refractivity contribution in [3.63, 3.8) is 0 Å². The zero-order valence-corrected chi connectivity index (χ0v) is 26.6. The van der Waals surface area contributed by atoms with Crippen molar-refractivity contribution < 1.29 is 26.3 Å². The summed E-state index contributed by atoms with van der Waals surface area (Å²) < 4.78 is 54.0. The van der Waals surface area contributed by atoms with Crippen molar-refractivity contribution in [2.75, 3.05) is 13.7 Å². The number of halogens is 4. The maximum absolute atomic E-state index is 14.9. The molecule has 0 aliphatic carbocycles. The molecule has 3 rings (SSSR count). The minimum absolute atomic E-state index is 0.0241. The molecule has 0 radical (unpaired) electrons. The van der Waals surface area contributed by atoms with Crippen LogP contribution in [0.2, 0.25) is 20.1 Å². The van der Waals surface area contributed by atoms with Crippen molar-refractivity contribution >= 4 is 69.8 Å². The SMILES string of the molecule is CON=CC(F)CC(CO[Si](c1ccccc1)(c1ccccc1)C(C)(C)C)OS(=O)(=O)c1cc(Cl)c(Cl)cc1Cl. The highest BCUT2D eigenvalue weighted by molar-refractivity contribution is 7.87. The lowest BCUT2D eigenvalue weighted by Gasteiger charge is -2.43. The molecule has 0 amide bonds. The van der Waals surface area contributed by atoms with E-state index in [4.69, 9.17) is 43.4 Å². The van der Waals surface area contributed by atoms with Crippen LogP contribution in [0.3, 0.4) is 0 Å². The van der Waals surface area contributed by atoms with Crippen molar-refractivity contribution in [3.05, 3.63) is 87.9 Å². The van der Waals surface area contributed by atoms with Crippen LogP contribution in [0.25, 0.3) is 0 Å². The van der Waals surface area contributed by atoms with Crippen LogP contribution in [-0.2, 0) is 23.6 Å². The molecule has 0 N–H and O–H groups in total. The van der Waals surface area contributed by atoms with Gasteiger partial charge in [-0.2, -0.15) is 8.42 Å². The molecule has 2 unspecified atom stereocenters. The molecule has 0 saturated carbocycles. The highest BCUT2D eigenvalue weighted by Crippen LogP contribution is 2.38. The molecule has 0 aromatic heterocycles. The Bertz CT molecular complexity index is 1370. The fourth-order valence-corrected chi connectivity index (χ4v) is 11.1. The van der Waals surface area contributed by atoms with Crippen LogP contribution in [0.4, 0.5) is 4.39 Å². The maximum Gasteiger partial charge on any atom is 0.298 e. The molecule has 0 heterocycles. The first-order chi connectivity index (χ1) is 18.8. The Kier molecular flexibility index (Phi) is 11.2. The van der Waals surface area contributed by atoms with E-state index in [-0.39, 0.29) is 33.0 Å². The molecule has 0 spiro atoms. The predicted octanol–water partition coefficient (Wildman–Crippen LogP) is 6.66. The van der Waals surface area contributed by atoms with Gasteiger partial charge in [-0.25, -0.2) is 4.39 Å². The fraction of sp³-hybridized carbons (Fsp3) is 0.321. The molecule has 0 fully saturated rings. The third kappa shape index (κ3) is 7.64. The number of hydrogen-bond donors (Lipinski definition) is 0. The second kappa shape index (κ2) is 13.8. The summed E-state index contributed by atoms with van der Waals surface area (Å²) in [5.41, 5.74) is 0. The van der Waals surface area contributed by atoms with E-state index >= 15 is 0 Å². The Balaban J connectivity index is 2.06. The Hall–Kier alpha value is -1.98. The summed E-state index contributed by atoms with van der Waals surface area (Å²) >= 11 is 18.2. The van der Waals surface area contributed by atoms with Gasteiger partial charge in [-0.3, -0.25) is 4.18 Å². The Labute approximate surface area is 251 Å². The van der Waals surface area contributed by atoms with Gasteiger partial charge in [-0.1, -0.05) is 121 Å². The van der Waals surface area contributed by atoms with Crippen molar-refractivity contribution in [1.29, 1.82) is 0 Å². The molecule has 0 aliphatic rings. The lowest BCUT2D eigenvalue weighted by molar-refractivity contribution is 0.107. The van der Waals surface area contributed by atoms with Crippen LogP contribution in [0, 0.1) is 0 Å². The van der Waals surface area contributed by atoms with E-state index in [9.17, 15) is 12.8 Å². The number of benzene rings is 3. The second-order valence-corrected chi connectivity index (χ2v) is 17.1. The number of nitrogens with zero attached hydrogens (tertiary/aromatic N) is 1. The van der Waals surface area contributed by atoms with E-state index in [0.717, 1.165) is 22.7 Å². The van der Waals surface area contributed by atoms with Gasteiger partial charge in [0.2, 0.25) is 0 Å². The van der Waals surface area contributed by atoms with Gasteiger partial charge in [0.25, 0.3) is 18.4 Å². The average Bonchev–Trinajstić information content (AvgIpc) is 2.90. The van der Waals surface area contributed by atoms with Crippen LogP contribution >= 0.6 is 34.8 Å². The summed E-state index contributed by atoms with van der Waals surface area (Å²) in [7, 11) is -6.32. The number of alkyl halides is 1. The largest absolute Gasteiger partial charge is 0.405 e. The summed E-state index contributed by atoms with van der Waals surface area (Å²) in [6.07, 6.45) is -2.40. The molecule has 40 heavy (non-hydrogen) atoms. The van der Waals surface area contributed by atoms with Crippen LogP contribution in [0.15, 0.2) is 82.8 Å². The predicted molar refractivity (Wildman–Crippen MR) is 162 cm³/mol. The maximum atomic E-state index is 14.9. The highest BCUT2D eigenvalue weighted by atomic mass is 35.5. The third-order valence-electron chi connectivity index (χ3n) is 6.23. The van der Waals surface area contributed by atoms with Gasteiger partial charge in [0.15, 0.2) is 0 Å². The summed E-state index contributed by atoms with van der Waals surface area (Å²) in [6, 6.07) is 21.8. The van der Waals surface area contributed by atoms with Gasteiger partial charge in [0, 0.05) is 6.42 Å². The minimum Gasteiger partial charge on any atom is -0.405 e. The van der Waals surface area contributed by atoms with Crippen LogP contribution in [-0.4, -0.2) is 48.9 Å². The summed E-state index contributed by atoms with van der Waals surface area (Å²) in [5.74, 6) is 0. The van der Waals surface area contributed by atoms with E-state index in [1.807, 2.05) is 60.7 Å². The molecule has 216 valence electrons. The molecule has 6 nitrogen and oxygen atoms in total. The van der Waals surface area contributed by atoms with Crippen molar-refractivity contribution in [2.45, 2.75) is 49.4 Å². The summed E-state index contributed by atoms with van der Waals surface area (Å²) in [6.45, 7) is 5.98. The van der Waals surface area contributed by atoms with E-state index < -0.39 is 35.7 Å². The van der Waals surface area contributed by atoms with Crippen LogP contribution < -0.4 is 10.4 Å². The number of hydrogen-bond acceptors (Lipinski definition) is 6. The zero-order chi connectivity index (χ0) is 29.6. The smallest absolute Gasteiger partial charge is 0.298 e. The highest BCUT2D eigenvalue weighted by Gasteiger charge is 2.50. The molecule has 12 heteroatoms. The number of oxime groups is 1. The lowest BCUT2D eigenvalue weighted by Crippen LogP contribution is -2.67. The topological polar surface area (TPSA) is 74.2 Å². The van der Waals surface area contributed by atoms with Gasteiger partial charge < -0.3 is 9.26 Å². The van der Waals surface area contributed by atoms with Crippen LogP contribution in [0.1, 0.15) is 27.2 Å². The molecular weight excluding hydrogens is 616 g/mol. The Morgan fingerprint density at radius 2 is 1.45 bits per heavy atom. The van der Waals surface area contributed by atoms with Crippen molar-refractivity contribution in [1.82, 2.24) is 0 Å². The first-order valence-corrected chi connectivity index (χ1v) is 16.8. The third-order valence-corrected chi connectivity index (χ3v) is 13.8. The molecule has 0 saturated heterocycles. The zero-order valence-electron chi connectivity index (χ0n) is 22.5. The van der Waals surface area contributed by atoms with E-state index in [1.54, 1.807) is 0 Å². The molecule has 0 bridgehead atoms. The summed E-state index contributed by atoms with van der Waals surface area (Å²) in [5, 5.41) is 4.88. The molecular formula is C28H31Cl3FNO5SSi. The number of rotatable bonds is 12. The standard InChI is InChI=1S/C28H31Cl3FNO5SSi/c1-28(2,3)40(22-11-7-5-8-12-22,23-13-9-6-10-14-23)37-19-21(15-20(32)18-33-36-4)38-39(34,35)27-17-25(30)24(29)16-26(27)31/h5-14,16-18,20-21H,15,19H2,1-4H3. The van der Waals surface area contributed by atoms with Gasteiger partial charge >= 0.3 is 0 Å². The van der Waals surface area contributed by atoms with E-state index in [2.05, 4.69) is 30.8 Å². The fourth-order valence-electron chi connectivity index (χ4n) is 4.48. The normalized spacial score (nSPS) is 14.3. The van der Waals surface area contributed by atoms with Gasteiger partial charge in [0.05, 0.1) is 27.9 Å². The second-order valence-electron chi connectivity index (χ2n) is 10.0. The minimum atomic E-state index is -4.51. The Morgan fingerprint density at radius 1 is 0.925 bits per heavy atom. The van der Waals surface area contributed by atoms with E-state index in [0.29, 0.717) is 0 Å². The Morgan fingerprint density at radius 3 is 1.95 bits per heavy atom. The van der Waals surface area contributed by atoms with Crippen molar-refractivity contribution in [3.8, 4) is 0 Å². The average molecular weight is 647 g/mol. The van der Waals surface area contributed by atoms with Gasteiger partial charge in [0.1, 0.15) is 24.3 Å². The lowest BCUT2D eigenvalue weighted by atomic mass is 10.2.